The first-order valence-corrected chi connectivity index (χ1v) is 9.84. The molecule has 2 saturated carbocycles. The maximum atomic E-state index is 10.1. The van der Waals surface area contributed by atoms with E-state index in [1.807, 2.05) is 0 Å². The number of isocyanates is 4. The highest BCUT2D eigenvalue weighted by Gasteiger charge is 2.31. The SMILES string of the molecule is O=C=NCC1(CN=C=O)CCCCC1.O=C=NCC1CCC(CN=C=O)CC1. The Balaban J connectivity index is 0.000000280. The molecule has 2 aliphatic rings. The number of aliphatic imine (C=N–C) groups is 4. The summed E-state index contributed by atoms with van der Waals surface area (Å²) in [4.78, 5) is 54.4. The van der Waals surface area contributed by atoms with E-state index in [4.69, 9.17) is 0 Å². The summed E-state index contributed by atoms with van der Waals surface area (Å²) >= 11 is 0. The Morgan fingerprint density at radius 2 is 1.00 bits per heavy atom. The Labute approximate surface area is 165 Å². The molecular weight excluding hydrogens is 360 g/mol. The van der Waals surface area contributed by atoms with Crippen LogP contribution in [-0.2, 0) is 19.2 Å². The van der Waals surface area contributed by atoms with Gasteiger partial charge in [0.25, 0.3) is 0 Å². The molecule has 28 heavy (non-hydrogen) atoms. The maximum Gasteiger partial charge on any atom is 0.234 e. The van der Waals surface area contributed by atoms with E-state index in [2.05, 4.69) is 20.0 Å². The van der Waals surface area contributed by atoms with Gasteiger partial charge in [-0.3, -0.25) is 0 Å². The number of hydrogen-bond donors (Lipinski definition) is 0. The fourth-order valence-corrected chi connectivity index (χ4v) is 4.00. The highest BCUT2D eigenvalue weighted by Crippen LogP contribution is 2.36. The normalized spacial score (nSPS) is 22.6. The van der Waals surface area contributed by atoms with E-state index in [1.165, 1.54) is 6.42 Å². The molecule has 2 rings (SSSR count). The molecule has 2 aliphatic carbocycles. The molecule has 0 aliphatic heterocycles. The molecule has 0 aromatic carbocycles. The van der Waals surface area contributed by atoms with Crippen LogP contribution in [0.3, 0.4) is 0 Å². The lowest BCUT2D eigenvalue weighted by molar-refractivity contribution is 0.210. The Kier molecular flexibility index (Phi) is 12.3. The van der Waals surface area contributed by atoms with Gasteiger partial charge in [-0.1, -0.05) is 19.3 Å². The quantitative estimate of drug-likeness (QED) is 0.469. The Bertz CT molecular complexity index is 591. The number of carbonyl (C=O) groups excluding carboxylic acids is 4. The number of hydrogen-bond acceptors (Lipinski definition) is 8. The minimum Gasteiger partial charge on any atom is -0.211 e. The summed E-state index contributed by atoms with van der Waals surface area (Å²) in [5.74, 6) is 1.04. The first-order chi connectivity index (χ1) is 13.7. The van der Waals surface area contributed by atoms with Crippen molar-refractivity contribution in [3.63, 3.8) is 0 Å². The molecule has 0 spiro atoms. The maximum absolute atomic E-state index is 10.1. The van der Waals surface area contributed by atoms with E-state index in [9.17, 15) is 19.2 Å². The van der Waals surface area contributed by atoms with Gasteiger partial charge in [-0.2, -0.15) is 0 Å². The highest BCUT2D eigenvalue weighted by atomic mass is 16.1. The van der Waals surface area contributed by atoms with Crippen molar-refractivity contribution in [1.82, 2.24) is 0 Å². The van der Waals surface area contributed by atoms with E-state index in [1.54, 1.807) is 24.3 Å². The Morgan fingerprint density at radius 3 is 1.36 bits per heavy atom. The first-order valence-electron chi connectivity index (χ1n) is 9.84. The zero-order valence-electron chi connectivity index (χ0n) is 16.3. The summed E-state index contributed by atoms with van der Waals surface area (Å²) < 4.78 is 0. The molecule has 0 atom stereocenters. The smallest absolute Gasteiger partial charge is 0.211 e. The summed E-state index contributed by atoms with van der Waals surface area (Å²) in [5, 5.41) is 0. The number of rotatable bonds is 8. The van der Waals surface area contributed by atoms with Crippen LogP contribution in [0, 0.1) is 17.3 Å². The summed E-state index contributed by atoms with van der Waals surface area (Å²) in [6.07, 6.45) is 16.0. The van der Waals surface area contributed by atoms with Gasteiger partial charge in [0.2, 0.25) is 24.3 Å². The highest BCUT2D eigenvalue weighted by molar-refractivity contribution is 5.34. The standard InChI is InChI=1S/2C10H14N2O2/c13-7-11-5-9-1-2-10(4-3-9)6-12-8-14;13-8-11-6-10(7-12-9-14)4-2-1-3-5-10/h9-10H,1-6H2;1-7H2. The molecule has 0 aromatic rings. The van der Waals surface area contributed by atoms with E-state index >= 15 is 0 Å². The van der Waals surface area contributed by atoms with Crippen LogP contribution in [0.15, 0.2) is 20.0 Å². The number of nitrogens with zero attached hydrogens (tertiary/aromatic N) is 4. The third-order valence-corrected chi connectivity index (χ3v) is 5.67. The van der Waals surface area contributed by atoms with Crippen molar-refractivity contribution >= 4 is 24.3 Å². The molecular formula is C20H28N4O4. The third kappa shape index (κ3) is 9.45. The molecule has 0 aromatic heterocycles. The van der Waals surface area contributed by atoms with Gasteiger partial charge in [-0.25, -0.2) is 39.1 Å². The molecule has 0 amide bonds. The van der Waals surface area contributed by atoms with E-state index in [0.717, 1.165) is 51.4 Å². The van der Waals surface area contributed by atoms with Crippen LogP contribution in [0.2, 0.25) is 0 Å². The topological polar surface area (TPSA) is 118 Å². The summed E-state index contributed by atoms with van der Waals surface area (Å²) in [5.41, 5.74) is -0.0763. The van der Waals surface area contributed by atoms with Crippen LogP contribution in [0.4, 0.5) is 0 Å². The molecule has 0 N–H and O–H groups in total. The van der Waals surface area contributed by atoms with Crippen LogP contribution in [0.1, 0.15) is 57.8 Å². The third-order valence-electron chi connectivity index (χ3n) is 5.67. The van der Waals surface area contributed by atoms with Crippen molar-refractivity contribution < 1.29 is 19.2 Å². The fourth-order valence-electron chi connectivity index (χ4n) is 4.00. The predicted molar refractivity (Wildman–Crippen MR) is 103 cm³/mol. The molecule has 0 radical (unpaired) electrons. The van der Waals surface area contributed by atoms with Crippen molar-refractivity contribution in [3.8, 4) is 0 Å². The Morgan fingerprint density at radius 1 is 0.607 bits per heavy atom. The van der Waals surface area contributed by atoms with Gasteiger partial charge in [-0.05, 0) is 50.4 Å². The van der Waals surface area contributed by atoms with Gasteiger partial charge < -0.3 is 0 Å². The van der Waals surface area contributed by atoms with Crippen molar-refractivity contribution in [2.24, 2.45) is 37.2 Å². The average Bonchev–Trinajstić information content (AvgIpc) is 2.75. The molecule has 0 saturated heterocycles. The van der Waals surface area contributed by atoms with Crippen molar-refractivity contribution in [3.05, 3.63) is 0 Å². The second kappa shape index (κ2) is 14.6. The molecule has 8 nitrogen and oxygen atoms in total. The largest absolute Gasteiger partial charge is 0.234 e. The van der Waals surface area contributed by atoms with Crippen LogP contribution in [0.25, 0.3) is 0 Å². The van der Waals surface area contributed by atoms with Crippen LogP contribution < -0.4 is 0 Å². The van der Waals surface area contributed by atoms with E-state index < -0.39 is 0 Å². The monoisotopic (exact) mass is 388 g/mol. The van der Waals surface area contributed by atoms with E-state index in [-0.39, 0.29) is 5.41 Å². The lowest BCUT2D eigenvalue weighted by Gasteiger charge is -2.33. The minimum atomic E-state index is -0.0763. The van der Waals surface area contributed by atoms with Crippen LogP contribution in [-0.4, -0.2) is 50.5 Å². The summed E-state index contributed by atoms with van der Waals surface area (Å²) in [7, 11) is 0. The lowest BCUT2D eigenvalue weighted by Crippen LogP contribution is -2.30. The average molecular weight is 388 g/mol. The van der Waals surface area contributed by atoms with Gasteiger partial charge in [-0.15, -0.1) is 0 Å². The van der Waals surface area contributed by atoms with Crippen molar-refractivity contribution in [2.45, 2.75) is 57.8 Å². The first kappa shape index (κ1) is 23.6. The van der Waals surface area contributed by atoms with Crippen molar-refractivity contribution in [2.75, 3.05) is 26.2 Å². The molecule has 0 unspecified atom stereocenters. The van der Waals surface area contributed by atoms with Crippen LogP contribution in [0.5, 0.6) is 0 Å². The van der Waals surface area contributed by atoms with Gasteiger partial charge in [0.1, 0.15) is 0 Å². The molecule has 8 heteroatoms. The second-order valence-electron chi connectivity index (χ2n) is 7.63. The molecule has 0 bridgehead atoms. The van der Waals surface area contributed by atoms with Gasteiger partial charge >= 0.3 is 0 Å². The lowest BCUT2D eigenvalue weighted by atomic mass is 9.74. The molecule has 152 valence electrons. The van der Waals surface area contributed by atoms with E-state index in [0.29, 0.717) is 38.0 Å². The minimum absolute atomic E-state index is 0.0763. The van der Waals surface area contributed by atoms with Crippen LogP contribution >= 0.6 is 0 Å². The predicted octanol–water partition coefficient (Wildman–Crippen LogP) is 3.07. The van der Waals surface area contributed by atoms with Gasteiger partial charge in [0.15, 0.2) is 0 Å². The fraction of sp³-hybridized carbons (Fsp3) is 0.800. The van der Waals surface area contributed by atoms with Gasteiger partial charge in [0.05, 0.1) is 26.2 Å². The molecule has 0 heterocycles. The summed E-state index contributed by atoms with van der Waals surface area (Å²) in [6.45, 7) is 2.10. The zero-order chi connectivity index (χ0) is 20.5. The molecule has 2 fully saturated rings. The Hall–Kier alpha value is -2.48. The second-order valence-corrected chi connectivity index (χ2v) is 7.63. The van der Waals surface area contributed by atoms with Crippen molar-refractivity contribution in [1.29, 1.82) is 0 Å². The zero-order valence-corrected chi connectivity index (χ0v) is 16.3. The van der Waals surface area contributed by atoms with Gasteiger partial charge in [0, 0.05) is 5.41 Å². The summed E-state index contributed by atoms with van der Waals surface area (Å²) in [6, 6.07) is 0.